The lowest BCUT2D eigenvalue weighted by atomic mass is 10.0. The van der Waals surface area contributed by atoms with E-state index in [1.54, 1.807) is 28.6 Å². The molecule has 1 aromatic carbocycles. The topological polar surface area (TPSA) is 61.2 Å². The van der Waals surface area contributed by atoms with Crippen LogP contribution in [0.5, 0.6) is 0 Å². The van der Waals surface area contributed by atoms with Crippen molar-refractivity contribution in [2.24, 2.45) is 5.92 Å². The van der Waals surface area contributed by atoms with Gasteiger partial charge in [0, 0.05) is 12.6 Å². The molecule has 2 rings (SSSR count). The molecule has 5 heteroatoms. The first-order valence-electron chi connectivity index (χ1n) is 6.92. The van der Waals surface area contributed by atoms with Gasteiger partial charge in [-0.25, -0.2) is 8.42 Å². The van der Waals surface area contributed by atoms with Crippen molar-refractivity contribution in [2.75, 3.05) is 6.54 Å². The van der Waals surface area contributed by atoms with E-state index in [1.165, 1.54) is 0 Å². The molecule has 0 bridgehead atoms. The Balaban J connectivity index is 2.16. The molecule has 1 aromatic rings. The maximum Gasteiger partial charge on any atom is 0.218 e. The van der Waals surface area contributed by atoms with Crippen LogP contribution < -0.4 is 0 Å². The molecule has 1 aliphatic rings. The molecule has 0 amide bonds. The zero-order chi connectivity index (χ0) is 14.8. The Morgan fingerprint density at radius 3 is 2.55 bits per heavy atom. The van der Waals surface area contributed by atoms with Gasteiger partial charge in [-0.3, -0.25) is 0 Å². The zero-order valence-electron chi connectivity index (χ0n) is 11.9. The second-order valence-corrected chi connectivity index (χ2v) is 7.55. The standard InChI is InChI=1S/C15H20N2O2S/c1-12(2)15-4-3-9-17(15)20(18,19)11-14-7-5-13(10-16)6-8-14/h5-8,12,15H,3-4,9,11H2,1-2H3. The summed E-state index contributed by atoms with van der Waals surface area (Å²) in [5.74, 6) is 0.357. The van der Waals surface area contributed by atoms with Gasteiger partial charge in [-0.2, -0.15) is 9.57 Å². The zero-order valence-corrected chi connectivity index (χ0v) is 12.7. The van der Waals surface area contributed by atoms with E-state index in [4.69, 9.17) is 5.26 Å². The van der Waals surface area contributed by atoms with Crippen molar-refractivity contribution in [1.82, 2.24) is 4.31 Å². The van der Waals surface area contributed by atoms with Crippen molar-refractivity contribution < 1.29 is 8.42 Å². The van der Waals surface area contributed by atoms with Crippen molar-refractivity contribution in [2.45, 2.75) is 38.5 Å². The first-order chi connectivity index (χ1) is 9.44. The van der Waals surface area contributed by atoms with Crippen LogP contribution in [0.25, 0.3) is 0 Å². The fourth-order valence-electron chi connectivity index (χ4n) is 2.75. The monoisotopic (exact) mass is 292 g/mol. The van der Waals surface area contributed by atoms with E-state index in [2.05, 4.69) is 13.8 Å². The summed E-state index contributed by atoms with van der Waals surface area (Å²) in [7, 11) is -3.28. The molecule has 0 N–H and O–H groups in total. The Hall–Kier alpha value is -1.38. The molecule has 0 radical (unpaired) electrons. The Labute approximate surface area is 121 Å². The summed E-state index contributed by atoms with van der Waals surface area (Å²) in [6, 6.07) is 8.92. The first-order valence-corrected chi connectivity index (χ1v) is 8.53. The minimum atomic E-state index is -3.28. The Morgan fingerprint density at radius 2 is 2.00 bits per heavy atom. The highest BCUT2D eigenvalue weighted by atomic mass is 32.2. The lowest BCUT2D eigenvalue weighted by Crippen LogP contribution is -2.39. The van der Waals surface area contributed by atoms with Crippen LogP contribution in [0.4, 0.5) is 0 Å². The number of benzene rings is 1. The SMILES string of the molecule is CC(C)C1CCCN1S(=O)(=O)Cc1ccc(C#N)cc1. The Bertz CT molecular complexity index is 600. The molecule has 4 nitrogen and oxygen atoms in total. The summed E-state index contributed by atoms with van der Waals surface area (Å²) < 4.78 is 26.7. The third-order valence-corrected chi connectivity index (χ3v) is 5.67. The number of hydrogen-bond donors (Lipinski definition) is 0. The average molecular weight is 292 g/mol. The molecule has 0 aromatic heterocycles. The quantitative estimate of drug-likeness (QED) is 0.856. The smallest absolute Gasteiger partial charge is 0.212 e. The second kappa shape index (κ2) is 5.94. The Kier molecular flexibility index (Phi) is 4.46. The van der Waals surface area contributed by atoms with E-state index in [9.17, 15) is 8.42 Å². The summed E-state index contributed by atoms with van der Waals surface area (Å²) >= 11 is 0. The van der Waals surface area contributed by atoms with Crippen molar-refractivity contribution in [3.63, 3.8) is 0 Å². The van der Waals surface area contributed by atoms with Crippen molar-refractivity contribution >= 4 is 10.0 Å². The minimum Gasteiger partial charge on any atom is -0.212 e. The van der Waals surface area contributed by atoms with Crippen molar-refractivity contribution in [3.05, 3.63) is 35.4 Å². The van der Waals surface area contributed by atoms with Crippen LogP contribution in [0, 0.1) is 17.2 Å². The number of nitriles is 1. The predicted molar refractivity (Wildman–Crippen MR) is 78.3 cm³/mol. The van der Waals surface area contributed by atoms with Gasteiger partial charge in [-0.15, -0.1) is 0 Å². The molecular weight excluding hydrogens is 272 g/mol. The van der Waals surface area contributed by atoms with Gasteiger partial charge in [0.15, 0.2) is 0 Å². The minimum absolute atomic E-state index is 0.0158. The molecule has 1 unspecified atom stereocenters. The lowest BCUT2D eigenvalue weighted by Gasteiger charge is -2.26. The van der Waals surface area contributed by atoms with E-state index in [0.717, 1.165) is 18.4 Å². The molecule has 108 valence electrons. The summed E-state index contributed by atoms with van der Waals surface area (Å²) in [6.45, 7) is 4.77. The fraction of sp³-hybridized carbons (Fsp3) is 0.533. The molecule has 0 aliphatic carbocycles. The summed E-state index contributed by atoms with van der Waals surface area (Å²) in [6.07, 6.45) is 1.89. The maximum absolute atomic E-state index is 12.5. The van der Waals surface area contributed by atoms with E-state index < -0.39 is 10.0 Å². The third-order valence-electron chi connectivity index (χ3n) is 3.81. The summed E-state index contributed by atoms with van der Waals surface area (Å²) in [5, 5.41) is 8.75. The maximum atomic E-state index is 12.5. The highest BCUT2D eigenvalue weighted by Gasteiger charge is 2.35. The number of nitrogens with zero attached hydrogens (tertiary/aromatic N) is 2. The van der Waals surface area contributed by atoms with Crippen LogP contribution in [0.15, 0.2) is 24.3 Å². The summed E-state index contributed by atoms with van der Waals surface area (Å²) in [4.78, 5) is 0. The molecule has 1 atom stereocenters. The van der Waals surface area contributed by atoms with Crippen LogP contribution in [-0.4, -0.2) is 25.3 Å². The average Bonchev–Trinajstić information content (AvgIpc) is 2.89. The molecule has 1 aliphatic heterocycles. The molecule has 1 fully saturated rings. The van der Waals surface area contributed by atoms with Crippen molar-refractivity contribution in [3.8, 4) is 6.07 Å². The van der Waals surface area contributed by atoms with E-state index >= 15 is 0 Å². The van der Waals surface area contributed by atoms with Gasteiger partial charge in [0.05, 0.1) is 17.4 Å². The normalized spacial score (nSPS) is 20.2. The van der Waals surface area contributed by atoms with Crippen LogP contribution in [0.2, 0.25) is 0 Å². The highest BCUT2D eigenvalue weighted by molar-refractivity contribution is 7.88. The number of hydrogen-bond acceptors (Lipinski definition) is 3. The van der Waals surface area contributed by atoms with E-state index in [1.807, 2.05) is 6.07 Å². The van der Waals surface area contributed by atoms with E-state index in [-0.39, 0.29) is 11.8 Å². The third kappa shape index (κ3) is 3.20. The molecule has 20 heavy (non-hydrogen) atoms. The largest absolute Gasteiger partial charge is 0.218 e. The molecule has 1 heterocycles. The summed E-state index contributed by atoms with van der Waals surface area (Å²) in [5.41, 5.74) is 1.28. The number of sulfonamides is 1. The molecule has 1 saturated heterocycles. The molecular formula is C15H20N2O2S. The number of rotatable bonds is 4. The second-order valence-electron chi connectivity index (χ2n) is 5.63. The van der Waals surface area contributed by atoms with Gasteiger partial charge in [-0.1, -0.05) is 26.0 Å². The van der Waals surface area contributed by atoms with Crippen LogP contribution in [0.1, 0.15) is 37.8 Å². The first kappa shape index (κ1) is 15.0. The molecule has 0 spiro atoms. The highest BCUT2D eigenvalue weighted by Crippen LogP contribution is 2.28. The van der Waals surface area contributed by atoms with Gasteiger partial charge in [0.2, 0.25) is 10.0 Å². The fourth-order valence-corrected chi connectivity index (χ4v) is 4.69. The van der Waals surface area contributed by atoms with Gasteiger partial charge >= 0.3 is 0 Å². The Morgan fingerprint density at radius 1 is 1.35 bits per heavy atom. The van der Waals surface area contributed by atoms with Crippen LogP contribution in [-0.2, 0) is 15.8 Å². The predicted octanol–water partition coefficient (Wildman–Crippen LogP) is 2.51. The van der Waals surface area contributed by atoms with Crippen LogP contribution >= 0.6 is 0 Å². The lowest BCUT2D eigenvalue weighted by molar-refractivity contribution is 0.315. The van der Waals surface area contributed by atoms with Gasteiger partial charge in [0.1, 0.15) is 0 Å². The van der Waals surface area contributed by atoms with Gasteiger partial charge < -0.3 is 0 Å². The van der Waals surface area contributed by atoms with Gasteiger partial charge in [-0.05, 0) is 36.5 Å². The van der Waals surface area contributed by atoms with E-state index in [0.29, 0.717) is 18.0 Å². The van der Waals surface area contributed by atoms with Crippen molar-refractivity contribution in [1.29, 1.82) is 5.26 Å². The van der Waals surface area contributed by atoms with Gasteiger partial charge in [0.25, 0.3) is 0 Å². The van der Waals surface area contributed by atoms with Crippen LogP contribution in [0.3, 0.4) is 0 Å². The molecule has 0 saturated carbocycles.